The van der Waals surface area contributed by atoms with Crippen LogP contribution in [0.3, 0.4) is 0 Å². The quantitative estimate of drug-likeness (QED) is 0.896. The monoisotopic (exact) mass is 326 g/mol. The predicted octanol–water partition coefficient (Wildman–Crippen LogP) is 3.94. The summed E-state index contributed by atoms with van der Waals surface area (Å²) in [6.07, 6.45) is 1.52. The molecule has 0 aliphatic carbocycles. The number of halogens is 2. The van der Waals surface area contributed by atoms with Crippen LogP contribution in [0.25, 0.3) is 0 Å². The van der Waals surface area contributed by atoms with E-state index in [2.05, 4.69) is 26.2 Å². The number of benzene rings is 1. The molecule has 4 nitrogen and oxygen atoms in total. The molecule has 0 amide bonds. The molecule has 1 heterocycles. The summed E-state index contributed by atoms with van der Waals surface area (Å²) in [5.74, 6) is -0.808. The summed E-state index contributed by atoms with van der Waals surface area (Å²) in [6, 6.07) is 8.53. The molecule has 0 radical (unpaired) electrons. The van der Waals surface area contributed by atoms with Crippen LogP contribution in [-0.2, 0) is 0 Å². The van der Waals surface area contributed by atoms with Crippen LogP contribution in [0.5, 0.6) is 0 Å². The molecular formula is C12H8BrClN2O2. The van der Waals surface area contributed by atoms with Crippen LogP contribution in [0.15, 0.2) is 41.0 Å². The van der Waals surface area contributed by atoms with Crippen molar-refractivity contribution in [2.24, 2.45) is 0 Å². The van der Waals surface area contributed by atoms with Crippen LogP contribution in [0.4, 0.5) is 11.5 Å². The Morgan fingerprint density at radius 3 is 2.78 bits per heavy atom. The maximum Gasteiger partial charge on any atom is 0.339 e. The normalized spacial score (nSPS) is 10.1. The van der Waals surface area contributed by atoms with E-state index < -0.39 is 5.97 Å². The summed E-state index contributed by atoms with van der Waals surface area (Å²) in [6.45, 7) is 0. The van der Waals surface area contributed by atoms with E-state index in [0.29, 0.717) is 15.2 Å². The van der Waals surface area contributed by atoms with Gasteiger partial charge in [-0.15, -0.1) is 0 Å². The zero-order valence-electron chi connectivity index (χ0n) is 9.02. The van der Waals surface area contributed by atoms with Crippen molar-refractivity contribution in [1.29, 1.82) is 0 Å². The van der Waals surface area contributed by atoms with Gasteiger partial charge in [0.15, 0.2) is 0 Å². The van der Waals surface area contributed by atoms with E-state index in [9.17, 15) is 4.79 Å². The number of nitrogens with one attached hydrogen (secondary N) is 1. The maximum atomic E-state index is 11.1. The first kappa shape index (κ1) is 12.9. The molecule has 1 aromatic heterocycles. The SMILES string of the molecule is O=C(O)c1cc(Br)cnc1Nc1ccccc1Cl. The van der Waals surface area contributed by atoms with Gasteiger partial charge < -0.3 is 10.4 Å². The van der Waals surface area contributed by atoms with Gasteiger partial charge in [0.25, 0.3) is 0 Å². The Morgan fingerprint density at radius 1 is 1.39 bits per heavy atom. The molecule has 0 saturated heterocycles. The third-order valence-electron chi connectivity index (χ3n) is 2.21. The van der Waals surface area contributed by atoms with Crippen molar-refractivity contribution in [2.75, 3.05) is 5.32 Å². The van der Waals surface area contributed by atoms with Gasteiger partial charge in [0, 0.05) is 10.7 Å². The second-order valence-corrected chi connectivity index (χ2v) is 4.78. The second kappa shape index (κ2) is 5.37. The highest BCUT2D eigenvalue weighted by Gasteiger charge is 2.13. The lowest BCUT2D eigenvalue weighted by molar-refractivity contribution is 0.0697. The van der Waals surface area contributed by atoms with Crippen molar-refractivity contribution in [3.8, 4) is 0 Å². The molecule has 0 saturated carbocycles. The molecule has 2 N–H and O–H groups in total. The minimum Gasteiger partial charge on any atom is -0.478 e. The Kier molecular flexibility index (Phi) is 3.84. The lowest BCUT2D eigenvalue weighted by atomic mass is 10.2. The van der Waals surface area contributed by atoms with E-state index >= 15 is 0 Å². The van der Waals surface area contributed by atoms with Gasteiger partial charge in [-0.05, 0) is 34.1 Å². The number of carboxylic acids is 1. The number of carbonyl (C=O) groups is 1. The highest BCUT2D eigenvalue weighted by molar-refractivity contribution is 9.10. The number of anilines is 2. The number of para-hydroxylation sites is 1. The summed E-state index contributed by atoms with van der Waals surface area (Å²) in [5.41, 5.74) is 0.681. The molecule has 0 bridgehead atoms. The topological polar surface area (TPSA) is 62.2 Å². The van der Waals surface area contributed by atoms with Crippen molar-refractivity contribution in [3.05, 3.63) is 51.6 Å². The zero-order valence-corrected chi connectivity index (χ0v) is 11.4. The number of aromatic carboxylic acids is 1. The Balaban J connectivity index is 2.41. The Hall–Kier alpha value is -1.59. The summed E-state index contributed by atoms with van der Waals surface area (Å²) < 4.78 is 0.601. The molecule has 6 heteroatoms. The molecule has 2 aromatic rings. The largest absolute Gasteiger partial charge is 0.478 e. The molecule has 0 spiro atoms. The van der Waals surface area contributed by atoms with E-state index in [-0.39, 0.29) is 11.4 Å². The van der Waals surface area contributed by atoms with Crippen LogP contribution in [0, 0.1) is 0 Å². The van der Waals surface area contributed by atoms with Crippen LogP contribution in [0.1, 0.15) is 10.4 Å². The molecule has 0 aliphatic rings. The fourth-order valence-electron chi connectivity index (χ4n) is 1.39. The highest BCUT2D eigenvalue weighted by Crippen LogP contribution is 2.26. The fourth-order valence-corrected chi connectivity index (χ4v) is 1.91. The first-order valence-corrected chi connectivity index (χ1v) is 6.15. The number of carboxylic acid groups (broad SMARTS) is 1. The maximum absolute atomic E-state index is 11.1. The molecule has 0 atom stereocenters. The molecule has 2 rings (SSSR count). The van der Waals surface area contributed by atoms with Gasteiger partial charge in [-0.1, -0.05) is 23.7 Å². The Morgan fingerprint density at radius 2 is 2.11 bits per heavy atom. The van der Waals surface area contributed by atoms with Gasteiger partial charge in [-0.2, -0.15) is 0 Å². The standard InChI is InChI=1S/C12H8BrClN2O2/c13-7-5-8(12(17)18)11(15-6-7)16-10-4-2-1-3-9(10)14/h1-6H,(H,15,16)(H,17,18). The number of hydrogen-bond acceptors (Lipinski definition) is 3. The fraction of sp³-hybridized carbons (Fsp3) is 0. The van der Waals surface area contributed by atoms with Crippen molar-refractivity contribution < 1.29 is 9.90 Å². The molecule has 92 valence electrons. The lowest BCUT2D eigenvalue weighted by Crippen LogP contribution is -2.05. The molecule has 0 unspecified atom stereocenters. The van der Waals surface area contributed by atoms with Gasteiger partial charge in [-0.25, -0.2) is 9.78 Å². The molecule has 18 heavy (non-hydrogen) atoms. The first-order valence-electron chi connectivity index (χ1n) is 4.98. The number of pyridine rings is 1. The summed E-state index contributed by atoms with van der Waals surface area (Å²) in [7, 11) is 0. The van der Waals surface area contributed by atoms with Gasteiger partial charge in [0.05, 0.1) is 10.7 Å². The number of hydrogen-bond donors (Lipinski definition) is 2. The summed E-state index contributed by atoms with van der Waals surface area (Å²) in [5, 5.41) is 12.5. The predicted molar refractivity (Wildman–Crippen MR) is 73.6 cm³/mol. The minimum absolute atomic E-state index is 0.0734. The molecular weight excluding hydrogens is 320 g/mol. The first-order chi connectivity index (χ1) is 8.58. The van der Waals surface area contributed by atoms with Gasteiger partial charge in [-0.3, -0.25) is 0 Å². The second-order valence-electron chi connectivity index (χ2n) is 3.46. The van der Waals surface area contributed by atoms with Gasteiger partial charge in [0.1, 0.15) is 11.4 Å². The van der Waals surface area contributed by atoms with Crippen molar-refractivity contribution in [2.45, 2.75) is 0 Å². The number of aromatic nitrogens is 1. The van der Waals surface area contributed by atoms with Crippen LogP contribution in [-0.4, -0.2) is 16.1 Å². The third-order valence-corrected chi connectivity index (χ3v) is 2.97. The van der Waals surface area contributed by atoms with Crippen molar-refractivity contribution in [3.63, 3.8) is 0 Å². The zero-order chi connectivity index (χ0) is 13.1. The van der Waals surface area contributed by atoms with Gasteiger partial charge >= 0.3 is 5.97 Å². The number of rotatable bonds is 3. The lowest BCUT2D eigenvalue weighted by Gasteiger charge is -2.10. The van der Waals surface area contributed by atoms with E-state index in [1.54, 1.807) is 24.3 Å². The summed E-state index contributed by atoms with van der Waals surface area (Å²) >= 11 is 9.18. The van der Waals surface area contributed by atoms with E-state index in [1.165, 1.54) is 12.3 Å². The summed E-state index contributed by atoms with van der Waals surface area (Å²) in [4.78, 5) is 15.2. The van der Waals surface area contributed by atoms with Crippen molar-refractivity contribution >= 4 is 45.0 Å². The van der Waals surface area contributed by atoms with Gasteiger partial charge in [0.2, 0.25) is 0 Å². The third kappa shape index (κ3) is 2.80. The van der Waals surface area contributed by atoms with Crippen LogP contribution in [0.2, 0.25) is 5.02 Å². The average Bonchev–Trinajstić information content (AvgIpc) is 2.34. The van der Waals surface area contributed by atoms with E-state index in [1.807, 2.05) is 0 Å². The number of nitrogens with zero attached hydrogens (tertiary/aromatic N) is 1. The minimum atomic E-state index is -1.06. The molecule has 0 fully saturated rings. The van der Waals surface area contributed by atoms with Crippen LogP contribution < -0.4 is 5.32 Å². The van der Waals surface area contributed by atoms with Crippen molar-refractivity contribution in [1.82, 2.24) is 4.98 Å². The highest BCUT2D eigenvalue weighted by atomic mass is 79.9. The van der Waals surface area contributed by atoms with Crippen LogP contribution >= 0.6 is 27.5 Å². The molecule has 0 aliphatic heterocycles. The van der Waals surface area contributed by atoms with E-state index in [0.717, 1.165) is 0 Å². The average molecular weight is 328 g/mol. The Labute approximate surface area is 117 Å². The Bertz CT molecular complexity index is 604. The smallest absolute Gasteiger partial charge is 0.339 e. The van der Waals surface area contributed by atoms with E-state index in [4.69, 9.17) is 16.7 Å². The molecule has 1 aromatic carbocycles.